The first-order valence-electron chi connectivity index (χ1n) is 3.98. The van der Waals surface area contributed by atoms with Crippen molar-refractivity contribution >= 4 is 0 Å². The van der Waals surface area contributed by atoms with Crippen LogP contribution in [0.1, 0.15) is 11.1 Å². The molecule has 0 aliphatic rings. The second-order valence-corrected chi connectivity index (χ2v) is 2.76. The average molecular weight is 183 g/mol. The van der Waals surface area contributed by atoms with Gasteiger partial charge in [-0.05, 0) is 18.7 Å². The smallest absolute Gasteiger partial charge is 0.162 e. The zero-order valence-corrected chi connectivity index (χ0v) is 7.41. The van der Waals surface area contributed by atoms with Crippen LogP contribution in [0.4, 0.5) is 0 Å². The number of phenols is 2. The van der Waals surface area contributed by atoms with Gasteiger partial charge in [0.15, 0.2) is 11.5 Å². The highest BCUT2D eigenvalue weighted by molar-refractivity contribution is 5.48. The lowest BCUT2D eigenvalue weighted by Gasteiger charge is -2.10. The zero-order valence-electron chi connectivity index (χ0n) is 7.41. The third kappa shape index (κ3) is 1.91. The molecule has 0 radical (unpaired) electrons. The van der Waals surface area contributed by atoms with E-state index in [1.54, 1.807) is 13.1 Å². The third-order valence-corrected chi connectivity index (χ3v) is 1.88. The van der Waals surface area contributed by atoms with Crippen LogP contribution in [0.2, 0.25) is 0 Å². The van der Waals surface area contributed by atoms with E-state index in [4.69, 9.17) is 5.11 Å². The maximum absolute atomic E-state index is 9.44. The summed E-state index contributed by atoms with van der Waals surface area (Å²) in [6.07, 6.45) is 0. The number of hydrogen-bond acceptors (Lipinski definition) is 4. The number of aliphatic hydroxyl groups is 1. The minimum Gasteiger partial charge on any atom is -0.504 e. The Morgan fingerprint density at radius 3 is 2.54 bits per heavy atom. The minimum atomic E-state index is -0.166. The molecule has 1 rings (SSSR count). The molecule has 4 N–H and O–H groups in total. The zero-order chi connectivity index (χ0) is 9.84. The molecule has 0 unspecified atom stereocenters. The molecule has 0 heterocycles. The van der Waals surface area contributed by atoms with Gasteiger partial charge in [-0.3, -0.25) is 0 Å². The predicted molar refractivity (Wildman–Crippen MR) is 48.5 cm³/mol. The van der Waals surface area contributed by atoms with Gasteiger partial charge in [0.1, 0.15) is 0 Å². The van der Waals surface area contributed by atoms with Gasteiger partial charge in [0.25, 0.3) is 0 Å². The number of hydrogen-bond donors (Lipinski definition) is 4. The molecule has 0 aliphatic heterocycles. The van der Waals surface area contributed by atoms with E-state index in [9.17, 15) is 10.2 Å². The summed E-state index contributed by atoms with van der Waals surface area (Å²) in [6, 6.07) is 2.95. The molecule has 0 atom stereocenters. The molecule has 0 bridgehead atoms. The maximum atomic E-state index is 9.44. The minimum absolute atomic E-state index is 0.148. The highest BCUT2D eigenvalue weighted by Crippen LogP contribution is 2.31. The lowest BCUT2D eigenvalue weighted by molar-refractivity contribution is 0.279. The van der Waals surface area contributed by atoms with Crippen molar-refractivity contribution in [2.75, 3.05) is 7.05 Å². The standard InChI is InChI=1S/C9H13NO3/c1-10-4-7-6(5-11)2-3-8(12)9(7)13/h2-3,10-13H,4-5H2,1H3. The summed E-state index contributed by atoms with van der Waals surface area (Å²) >= 11 is 0. The van der Waals surface area contributed by atoms with Gasteiger partial charge >= 0.3 is 0 Å². The van der Waals surface area contributed by atoms with E-state index in [1.165, 1.54) is 6.07 Å². The average Bonchev–Trinajstić information content (AvgIpc) is 2.14. The van der Waals surface area contributed by atoms with E-state index in [1.807, 2.05) is 0 Å². The van der Waals surface area contributed by atoms with Gasteiger partial charge in [-0.2, -0.15) is 0 Å². The van der Waals surface area contributed by atoms with Crippen LogP contribution in [-0.2, 0) is 13.2 Å². The first kappa shape index (κ1) is 9.83. The highest BCUT2D eigenvalue weighted by Gasteiger charge is 2.10. The second-order valence-electron chi connectivity index (χ2n) is 2.76. The fraction of sp³-hybridized carbons (Fsp3) is 0.333. The molecule has 1 aromatic carbocycles. The number of nitrogens with one attached hydrogen (secondary N) is 1. The van der Waals surface area contributed by atoms with Crippen LogP contribution >= 0.6 is 0 Å². The van der Waals surface area contributed by atoms with Crippen molar-refractivity contribution in [1.29, 1.82) is 0 Å². The van der Waals surface area contributed by atoms with Crippen molar-refractivity contribution in [3.05, 3.63) is 23.3 Å². The van der Waals surface area contributed by atoms with E-state index in [0.29, 0.717) is 17.7 Å². The molecule has 1 aromatic rings. The summed E-state index contributed by atoms with van der Waals surface area (Å²) in [5.41, 5.74) is 1.15. The van der Waals surface area contributed by atoms with Crippen molar-refractivity contribution in [1.82, 2.24) is 5.32 Å². The van der Waals surface area contributed by atoms with Gasteiger partial charge in [0, 0.05) is 12.1 Å². The number of aromatic hydroxyl groups is 2. The normalized spacial score (nSPS) is 10.3. The molecule has 0 saturated heterocycles. The van der Waals surface area contributed by atoms with Gasteiger partial charge in [0.05, 0.1) is 6.61 Å². The molecule has 13 heavy (non-hydrogen) atoms. The lowest BCUT2D eigenvalue weighted by Crippen LogP contribution is -2.08. The number of phenolic OH excluding ortho intramolecular Hbond substituents is 2. The van der Waals surface area contributed by atoms with Crippen molar-refractivity contribution in [2.24, 2.45) is 0 Å². The SMILES string of the molecule is CNCc1c(CO)ccc(O)c1O. The first-order chi connectivity index (χ1) is 6.20. The fourth-order valence-electron chi connectivity index (χ4n) is 1.19. The van der Waals surface area contributed by atoms with Crippen molar-refractivity contribution in [3.63, 3.8) is 0 Å². The van der Waals surface area contributed by atoms with E-state index in [2.05, 4.69) is 5.32 Å². The largest absolute Gasteiger partial charge is 0.504 e. The van der Waals surface area contributed by atoms with Crippen molar-refractivity contribution in [3.8, 4) is 11.5 Å². The van der Waals surface area contributed by atoms with Crippen LogP contribution < -0.4 is 5.32 Å². The summed E-state index contributed by atoms with van der Waals surface area (Å²) in [5, 5.41) is 30.4. The molecule has 0 amide bonds. The summed E-state index contributed by atoms with van der Waals surface area (Å²) in [7, 11) is 1.73. The van der Waals surface area contributed by atoms with Crippen molar-refractivity contribution in [2.45, 2.75) is 13.2 Å². The van der Waals surface area contributed by atoms with Crippen LogP contribution in [0, 0.1) is 0 Å². The Balaban J connectivity index is 3.15. The number of rotatable bonds is 3. The predicted octanol–water partition coefficient (Wildman–Crippen LogP) is 0.309. The number of aliphatic hydroxyl groups excluding tert-OH is 1. The second kappa shape index (κ2) is 4.11. The van der Waals surface area contributed by atoms with Gasteiger partial charge in [-0.1, -0.05) is 6.07 Å². The Kier molecular flexibility index (Phi) is 3.11. The molecular weight excluding hydrogens is 170 g/mol. The summed E-state index contributed by atoms with van der Waals surface area (Å²) < 4.78 is 0. The Hall–Kier alpha value is -1.26. The van der Waals surface area contributed by atoms with Gasteiger partial charge in [-0.25, -0.2) is 0 Å². The molecule has 0 aliphatic carbocycles. The summed E-state index contributed by atoms with van der Waals surface area (Å²) in [4.78, 5) is 0. The van der Waals surface area contributed by atoms with E-state index in [-0.39, 0.29) is 18.1 Å². The fourth-order valence-corrected chi connectivity index (χ4v) is 1.19. The van der Waals surface area contributed by atoms with Gasteiger partial charge in [-0.15, -0.1) is 0 Å². The quantitative estimate of drug-likeness (QED) is 0.509. The Bertz CT molecular complexity index is 299. The Labute approximate surface area is 76.5 Å². The monoisotopic (exact) mass is 183 g/mol. The topological polar surface area (TPSA) is 72.7 Å². The molecule has 4 nitrogen and oxygen atoms in total. The van der Waals surface area contributed by atoms with Gasteiger partial charge in [0.2, 0.25) is 0 Å². The molecule has 72 valence electrons. The molecule has 4 heteroatoms. The maximum Gasteiger partial charge on any atom is 0.162 e. The lowest BCUT2D eigenvalue weighted by atomic mass is 10.1. The van der Waals surface area contributed by atoms with Gasteiger partial charge < -0.3 is 20.6 Å². The number of benzene rings is 1. The van der Waals surface area contributed by atoms with Crippen LogP contribution in [0.5, 0.6) is 11.5 Å². The highest BCUT2D eigenvalue weighted by atomic mass is 16.3. The molecular formula is C9H13NO3. The third-order valence-electron chi connectivity index (χ3n) is 1.88. The summed E-state index contributed by atoms with van der Waals surface area (Å²) in [5.74, 6) is -0.330. The Morgan fingerprint density at radius 2 is 2.00 bits per heavy atom. The van der Waals surface area contributed by atoms with Crippen LogP contribution in [0.3, 0.4) is 0 Å². The van der Waals surface area contributed by atoms with E-state index < -0.39 is 0 Å². The van der Waals surface area contributed by atoms with Crippen LogP contribution in [0.25, 0.3) is 0 Å². The Morgan fingerprint density at radius 1 is 1.31 bits per heavy atom. The first-order valence-corrected chi connectivity index (χ1v) is 3.98. The van der Waals surface area contributed by atoms with E-state index in [0.717, 1.165) is 0 Å². The van der Waals surface area contributed by atoms with Crippen LogP contribution in [0.15, 0.2) is 12.1 Å². The van der Waals surface area contributed by atoms with Crippen LogP contribution in [-0.4, -0.2) is 22.4 Å². The molecule has 0 saturated carbocycles. The van der Waals surface area contributed by atoms with Crippen molar-refractivity contribution < 1.29 is 15.3 Å². The molecule has 0 fully saturated rings. The molecule has 0 spiro atoms. The van der Waals surface area contributed by atoms with E-state index >= 15 is 0 Å². The summed E-state index contributed by atoms with van der Waals surface area (Å²) in [6.45, 7) is 0.265. The molecule has 0 aromatic heterocycles.